The third kappa shape index (κ3) is 5.17. The van der Waals surface area contributed by atoms with Gasteiger partial charge in [-0.25, -0.2) is 0 Å². The maximum Gasteiger partial charge on any atom is 0.251 e. The highest BCUT2D eigenvalue weighted by molar-refractivity contribution is 5.58. The molecule has 0 bridgehead atoms. The van der Waals surface area contributed by atoms with E-state index in [0.29, 0.717) is 5.95 Å². The minimum atomic E-state index is 0.621. The second-order valence-corrected chi connectivity index (χ2v) is 5.81. The van der Waals surface area contributed by atoms with Gasteiger partial charge in [0.05, 0.1) is 6.20 Å². The fourth-order valence-corrected chi connectivity index (χ4v) is 2.34. The van der Waals surface area contributed by atoms with E-state index >= 15 is 0 Å². The molecule has 1 heterocycles. The molecule has 0 aliphatic rings. The van der Waals surface area contributed by atoms with Crippen molar-refractivity contribution >= 4 is 17.5 Å². The minimum absolute atomic E-state index is 0.621. The standard InChI is InChI=1S/C17H26N6/c1-5-23(15-9-6-8-14(2)12-15)17-20-16(13-19-21-17)18-10-7-11-22(3)4/h6,8-9,12-13H,5,7,10-11H2,1-4H3,(H,18,20,21). The van der Waals surface area contributed by atoms with Crippen molar-refractivity contribution in [2.45, 2.75) is 20.3 Å². The molecule has 0 saturated carbocycles. The summed E-state index contributed by atoms with van der Waals surface area (Å²) in [6.45, 7) is 6.87. The summed E-state index contributed by atoms with van der Waals surface area (Å²) in [5.74, 6) is 1.38. The zero-order valence-corrected chi connectivity index (χ0v) is 14.5. The van der Waals surface area contributed by atoms with Gasteiger partial charge in [0.15, 0.2) is 5.82 Å². The second-order valence-electron chi connectivity index (χ2n) is 5.81. The van der Waals surface area contributed by atoms with Crippen molar-refractivity contribution in [1.82, 2.24) is 20.1 Å². The van der Waals surface area contributed by atoms with Crippen LogP contribution in [-0.4, -0.2) is 53.8 Å². The number of benzene rings is 1. The van der Waals surface area contributed by atoms with E-state index in [1.807, 2.05) is 6.07 Å². The summed E-state index contributed by atoms with van der Waals surface area (Å²) in [6, 6.07) is 8.32. The Morgan fingerprint density at radius 3 is 2.74 bits per heavy atom. The lowest BCUT2D eigenvalue weighted by Crippen LogP contribution is -2.20. The van der Waals surface area contributed by atoms with Crippen LogP contribution in [0, 0.1) is 6.92 Å². The van der Waals surface area contributed by atoms with Crippen molar-refractivity contribution < 1.29 is 0 Å². The largest absolute Gasteiger partial charge is 0.369 e. The van der Waals surface area contributed by atoms with Crippen LogP contribution in [0.5, 0.6) is 0 Å². The van der Waals surface area contributed by atoms with Gasteiger partial charge in [0.2, 0.25) is 0 Å². The summed E-state index contributed by atoms with van der Waals surface area (Å²) < 4.78 is 0. The summed E-state index contributed by atoms with van der Waals surface area (Å²) in [5.41, 5.74) is 2.30. The summed E-state index contributed by atoms with van der Waals surface area (Å²) in [6.07, 6.45) is 2.73. The topological polar surface area (TPSA) is 57.2 Å². The van der Waals surface area contributed by atoms with Crippen LogP contribution in [0.3, 0.4) is 0 Å². The molecule has 0 aliphatic carbocycles. The first-order valence-corrected chi connectivity index (χ1v) is 8.02. The predicted octanol–water partition coefficient (Wildman–Crippen LogP) is 2.70. The normalized spacial score (nSPS) is 10.8. The van der Waals surface area contributed by atoms with Gasteiger partial charge in [-0.1, -0.05) is 12.1 Å². The molecule has 1 aromatic heterocycles. The molecule has 0 radical (unpaired) electrons. The van der Waals surface area contributed by atoms with Gasteiger partial charge < -0.3 is 15.1 Å². The van der Waals surface area contributed by atoms with Crippen molar-refractivity contribution in [2.75, 3.05) is 43.9 Å². The highest BCUT2D eigenvalue weighted by atomic mass is 15.3. The van der Waals surface area contributed by atoms with Crippen LogP contribution in [-0.2, 0) is 0 Å². The zero-order chi connectivity index (χ0) is 16.7. The summed E-state index contributed by atoms with van der Waals surface area (Å²) in [4.78, 5) is 8.82. The average molecular weight is 314 g/mol. The Bertz CT molecular complexity index is 614. The summed E-state index contributed by atoms with van der Waals surface area (Å²) in [7, 11) is 4.15. The highest BCUT2D eigenvalue weighted by Crippen LogP contribution is 2.22. The molecule has 23 heavy (non-hydrogen) atoms. The Balaban J connectivity index is 2.08. The molecule has 0 unspecified atom stereocenters. The molecule has 0 amide bonds. The van der Waals surface area contributed by atoms with Gasteiger partial charge in [-0.05, 0) is 58.6 Å². The van der Waals surface area contributed by atoms with Crippen LogP contribution in [0.1, 0.15) is 18.9 Å². The van der Waals surface area contributed by atoms with Crippen LogP contribution in [0.4, 0.5) is 17.5 Å². The maximum atomic E-state index is 4.59. The van der Waals surface area contributed by atoms with Crippen LogP contribution in [0.15, 0.2) is 30.5 Å². The average Bonchev–Trinajstić information content (AvgIpc) is 2.53. The Morgan fingerprint density at radius 2 is 2.04 bits per heavy atom. The molecule has 6 heteroatoms. The SMILES string of the molecule is CCN(c1cccc(C)c1)c1nncc(NCCCN(C)C)n1. The molecular weight excluding hydrogens is 288 g/mol. The number of aryl methyl sites for hydroxylation is 1. The number of anilines is 3. The van der Waals surface area contributed by atoms with Crippen LogP contribution >= 0.6 is 0 Å². The lowest BCUT2D eigenvalue weighted by atomic mass is 10.2. The fraction of sp³-hybridized carbons (Fsp3) is 0.471. The van der Waals surface area contributed by atoms with Gasteiger partial charge in [0.25, 0.3) is 5.95 Å². The van der Waals surface area contributed by atoms with Gasteiger partial charge in [0, 0.05) is 18.8 Å². The highest BCUT2D eigenvalue weighted by Gasteiger charge is 2.11. The number of rotatable bonds is 8. The Kier molecular flexibility index (Phi) is 6.29. The quantitative estimate of drug-likeness (QED) is 0.756. The van der Waals surface area contributed by atoms with Gasteiger partial charge in [0.1, 0.15) is 0 Å². The lowest BCUT2D eigenvalue weighted by molar-refractivity contribution is 0.405. The van der Waals surface area contributed by atoms with Gasteiger partial charge in [-0.15, -0.1) is 5.10 Å². The van der Waals surface area contributed by atoms with Crippen molar-refractivity contribution in [3.63, 3.8) is 0 Å². The molecule has 6 nitrogen and oxygen atoms in total. The number of aromatic nitrogens is 3. The van der Waals surface area contributed by atoms with Crippen molar-refractivity contribution in [2.24, 2.45) is 0 Å². The summed E-state index contributed by atoms with van der Waals surface area (Å²) in [5, 5.41) is 11.6. The number of hydrogen-bond donors (Lipinski definition) is 1. The smallest absolute Gasteiger partial charge is 0.251 e. The molecule has 1 aromatic carbocycles. The first kappa shape index (κ1) is 17.1. The minimum Gasteiger partial charge on any atom is -0.369 e. The van der Waals surface area contributed by atoms with Crippen LogP contribution < -0.4 is 10.2 Å². The van der Waals surface area contributed by atoms with Crippen LogP contribution in [0.25, 0.3) is 0 Å². The van der Waals surface area contributed by atoms with E-state index in [-0.39, 0.29) is 0 Å². The first-order valence-electron chi connectivity index (χ1n) is 8.02. The van der Waals surface area contributed by atoms with Gasteiger partial charge >= 0.3 is 0 Å². The second kappa shape index (κ2) is 8.43. The molecule has 2 rings (SSSR count). The molecular formula is C17H26N6. The van der Waals surface area contributed by atoms with E-state index in [9.17, 15) is 0 Å². The lowest BCUT2D eigenvalue weighted by Gasteiger charge is -2.21. The van der Waals surface area contributed by atoms with Gasteiger partial charge in [-0.3, -0.25) is 0 Å². The Morgan fingerprint density at radius 1 is 1.22 bits per heavy atom. The molecule has 0 saturated heterocycles. The maximum absolute atomic E-state index is 4.59. The zero-order valence-electron chi connectivity index (χ0n) is 14.5. The van der Waals surface area contributed by atoms with Crippen molar-refractivity contribution in [3.05, 3.63) is 36.0 Å². The van der Waals surface area contributed by atoms with E-state index in [1.54, 1.807) is 6.20 Å². The Hall–Kier alpha value is -2.21. The van der Waals surface area contributed by atoms with E-state index in [1.165, 1.54) is 5.56 Å². The number of nitrogens with zero attached hydrogens (tertiary/aromatic N) is 5. The third-order valence-corrected chi connectivity index (χ3v) is 3.51. The number of hydrogen-bond acceptors (Lipinski definition) is 6. The van der Waals surface area contributed by atoms with E-state index < -0.39 is 0 Å². The van der Waals surface area contributed by atoms with Gasteiger partial charge in [-0.2, -0.15) is 10.1 Å². The van der Waals surface area contributed by atoms with E-state index in [2.05, 4.69) is 76.4 Å². The summed E-state index contributed by atoms with van der Waals surface area (Å²) >= 11 is 0. The fourth-order valence-electron chi connectivity index (χ4n) is 2.34. The molecule has 0 fully saturated rings. The molecule has 0 atom stereocenters. The van der Waals surface area contributed by atoms with E-state index in [0.717, 1.165) is 37.6 Å². The molecule has 0 spiro atoms. The monoisotopic (exact) mass is 314 g/mol. The first-order chi connectivity index (χ1) is 11.1. The van der Waals surface area contributed by atoms with Crippen LogP contribution in [0.2, 0.25) is 0 Å². The molecule has 0 aliphatic heterocycles. The van der Waals surface area contributed by atoms with Crippen molar-refractivity contribution in [1.29, 1.82) is 0 Å². The molecule has 124 valence electrons. The third-order valence-electron chi connectivity index (χ3n) is 3.51. The molecule has 1 N–H and O–H groups in total. The van der Waals surface area contributed by atoms with Crippen molar-refractivity contribution in [3.8, 4) is 0 Å². The Labute approximate surface area is 138 Å². The predicted molar refractivity (Wildman–Crippen MR) is 95.3 cm³/mol. The number of nitrogens with one attached hydrogen (secondary N) is 1. The van der Waals surface area contributed by atoms with E-state index in [4.69, 9.17) is 0 Å². The molecule has 2 aromatic rings.